The summed E-state index contributed by atoms with van der Waals surface area (Å²) < 4.78 is 6.16. The maximum Gasteiger partial charge on any atom is 0.407 e. The van der Waals surface area contributed by atoms with Crippen molar-refractivity contribution in [1.82, 2.24) is 5.32 Å². The molecule has 120 valence electrons. The van der Waals surface area contributed by atoms with Gasteiger partial charge in [-0.25, -0.2) is 4.79 Å². The molecule has 21 heavy (non-hydrogen) atoms. The number of hydrogen-bond donors (Lipinski definition) is 2. The molecule has 1 aromatic rings. The highest BCUT2D eigenvalue weighted by Gasteiger charge is 2.19. The molecule has 4 nitrogen and oxygen atoms in total. The fourth-order valence-electron chi connectivity index (χ4n) is 1.54. The number of nitrogens with one attached hydrogen (secondary N) is 1. The number of carbonyl (C=O) groups excluding carboxylic acids is 1. The first-order valence-corrected chi connectivity index (χ1v) is 7.94. The van der Waals surface area contributed by atoms with E-state index in [9.17, 15) is 9.90 Å². The molecule has 2 N–H and O–H groups in total. The largest absolute Gasteiger partial charge is 0.444 e. The number of alkyl carbamates (subject to hydrolysis) is 1. The number of hydrogen-bond acceptors (Lipinski definition) is 3. The smallest absolute Gasteiger partial charge is 0.407 e. The van der Waals surface area contributed by atoms with E-state index in [2.05, 4.69) is 21.2 Å². The molecule has 1 rings (SSSR count). The summed E-state index contributed by atoms with van der Waals surface area (Å²) in [5, 5.41) is 12.0. The van der Waals surface area contributed by atoms with Crippen LogP contribution in [0.3, 0.4) is 0 Å². The average Bonchev–Trinajstić information content (AvgIpc) is 2.40. The van der Waals surface area contributed by atoms with Crippen LogP contribution in [-0.4, -0.2) is 29.4 Å². The Morgan fingerprint density at radius 3 is 2.24 bits per heavy atom. The van der Waals surface area contributed by atoms with E-state index in [0.717, 1.165) is 10.0 Å². The minimum atomic E-state index is -0.540. The van der Waals surface area contributed by atoms with Crippen LogP contribution in [0.2, 0.25) is 0 Å². The number of ether oxygens (including phenoxy) is 1. The predicted octanol–water partition coefficient (Wildman–Crippen LogP) is 3.90. The minimum absolute atomic E-state index is 0.130. The van der Waals surface area contributed by atoms with Crippen LogP contribution in [0.5, 0.6) is 0 Å². The number of benzene rings is 1. The van der Waals surface area contributed by atoms with Gasteiger partial charge in [0.05, 0.1) is 12.6 Å². The summed E-state index contributed by atoms with van der Waals surface area (Å²) in [7, 11) is 0. The Balaban J connectivity index is 0.00000191. The van der Waals surface area contributed by atoms with E-state index in [4.69, 9.17) is 4.74 Å². The summed E-state index contributed by atoms with van der Waals surface area (Å²) in [4.78, 5) is 11.6. The molecule has 0 aliphatic heterocycles. The van der Waals surface area contributed by atoms with Crippen LogP contribution < -0.4 is 5.32 Å². The lowest BCUT2D eigenvalue weighted by Crippen LogP contribution is -2.42. The van der Waals surface area contributed by atoms with Gasteiger partial charge >= 0.3 is 6.09 Å². The van der Waals surface area contributed by atoms with Gasteiger partial charge in [-0.15, -0.1) is 0 Å². The molecular formula is C16H26BrNO3. The lowest BCUT2D eigenvalue weighted by Gasteiger charge is -2.22. The predicted molar refractivity (Wildman–Crippen MR) is 89.4 cm³/mol. The van der Waals surface area contributed by atoms with E-state index in [1.165, 1.54) is 0 Å². The van der Waals surface area contributed by atoms with Gasteiger partial charge in [0.2, 0.25) is 0 Å². The van der Waals surface area contributed by atoms with Gasteiger partial charge in [-0.3, -0.25) is 0 Å². The monoisotopic (exact) mass is 359 g/mol. The number of aliphatic hydroxyl groups excluding tert-OH is 1. The van der Waals surface area contributed by atoms with Crippen molar-refractivity contribution in [3.05, 3.63) is 34.3 Å². The van der Waals surface area contributed by atoms with Crippen molar-refractivity contribution in [3.63, 3.8) is 0 Å². The summed E-state index contributed by atoms with van der Waals surface area (Å²) in [5.74, 6) is 0. The SMILES string of the molecule is CC.CC(C)(C)OC(=O)NC(CO)Cc1ccc(Br)cc1. The van der Waals surface area contributed by atoms with Crippen LogP contribution in [0.15, 0.2) is 28.7 Å². The van der Waals surface area contributed by atoms with E-state index in [-0.39, 0.29) is 12.6 Å². The van der Waals surface area contributed by atoms with Crippen molar-refractivity contribution >= 4 is 22.0 Å². The van der Waals surface area contributed by atoms with Crippen LogP contribution >= 0.6 is 15.9 Å². The van der Waals surface area contributed by atoms with Crippen molar-refractivity contribution in [3.8, 4) is 0 Å². The third kappa shape index (κ3) is 9.47. The van der Waals surface area contributed by atoms with E-state index in [1.807, 2.05) is 38.1 Å². The zero-order valence-electron chi connectivity index (χ0n) is 13.4. The number of halogens is 1. The first kappa shape index (κ1) is 19.9. The molecule has 0 aromatic heterocycles. The van der Waals surface area contributed by atoms with E-state index in [1.54, 1.807) is 20.8 Å². The second-order valence-corrected chi connectivity index (χ2v) is 6.27. The highest BCUT2D eigenvalue weighted by atomic mass is 79.9. The summed E-state index contributed by atoms with van der Waals surface area (Å²) in [6.07, 6.45) is 0.0481. The van der Waals surface area contributed by atoms with Crippen LogP contribution in [0.4, 0.5) is 4.79 Å². The molecule has 0 fully saturated rings. The van der Waals surface area contributed by atoms with Crippen molar-refractivity contribution in [2.24, 2.45) is 0 Å². The third-order valence-electron chi connectivity index (χ3n) is 2.34. The fraction of sp³-hybridized carbons (Fsp3) is 0.562. The Morgan fingerprint density at radius 1 is 1.29 bits per heavy atom. The molecule has 0 radical (unpaired) electrons. The second kappa shape index (κ2) is 9.79. The zero-order valence-corrected chi connectivity index (χ0v) is 15.0. The molecule has 1 atom stereocenters. The second-order valence-electron chi connectivity index (χ2n) is 5.36. The Kier molecular flexibility index (Phi) is 9.29. The number of carbonyl (C=O) groups is 1. The molecule has 1 amide bonds. The Labute approximate surface area is 136 Å². The first-order chi connectivity index (χ1) is 9.80. The third-order valence-corrected chi connectivity index (χ3v) is 2.87. The molecule has 0 saturated heterocycles. The van der Waals surface area contributed by atoms with Crippen LogP contribution in [0, 0.1) is 0 Å². The van der Waals surface area contributed by atoms with Gasteiger partial charge in [0.15, 0.2) is 0 Å². The Bertz CT molecular complexity index is 413. The quantitative estimate of drug-likeness (QED) is 0.856. The van der Waals surface area contributed by atoms with Crippen molar-refractivity contribution in [2.45, 2.75) is 52.7 Å². The first-order valence-electron chi connectivity index (χ1n) is 7.15. The maximum absolute atomic E-state index is 11.6. The molecule has 0 saturated carbocycles. The van der Waals surface area contributed by atoms with Gasteiger partial charge in [0, 0.05) is 4.47 Å². The Hall–Kier alpha value is -1.07. The highest BCUT2D eigenvalue weighted by Crippen LogP contribution is 2.12. The normalized spacial score (nSPS) is 12.0. The molecule has 5 heteroatoms. The molecule has 0 spiro atoms. The van der Waals surface area contributed by atoms with E-state index >= 15 is 0 Å². The molecular weight excluding hydrogens is 334 g/mol. The number of amides is 1. The summed E-state index contributed by atoms with van der Waals surface area (Å²) in [6.45, 7) is 9.27. The molecule has 1 aromatic carbocycles. The average molecular weight is 360 g/mol. The van der Waals surface area contributed by atoms with Crippen LogP contribution in [0.1, 0.15) is 40.2 Å². The minimum Gasteiger partial charge on any atom is -0.444 e. The summed E-state index contributed by atoms with van der Waals surface area (Å²) in [6, 6.07) is 7.40. The lowest BCUT2D eigenvalue weighted by molar-refractivity contribution is 0.0483. The molecule has 0 aliphatic rings. The number of aliphatic hydroxyl groups is 1. The van der Waals surface area contributed by atoms with E-state index in [0.29, 0.717) is 6.42 Å². The topological polar surface area (TPSA) is 58.6 Å². The highest BCUT2D eigenvalue weighted by molar-refractivity contribution is 9.10. The lowest BCUT2D eigenvalue weighted by atomic mass is 10.1. The summed E-state index contributed by atoms with van der Waals surface area (Å²) in [5.41, 5.74) is 0.500. The van der Waals surface area contributed by atoms with E-state index < -0.39 is 11.7 Å². The van der Waals surface area contributed by atoms with Crippen molar-refractivity contribution in [1.29, 1.82) is 0 Å². The van der Waals surface area contributed by atoms with Crippen molar-refractivity contribution < 1.29 is 14.6 Å². The van der Waals surface area contributed by atoms with Gasteiger partial charge in [-0.2, -0.15) is 0 Å². The molecule has 0 bridgehead atoms. The summed E-state index contributed by atoms with van der Waals surface area (Å²) >= 11 is 3.36. The molecule has 0 heterocycles. The van der Waals surface area contributed by atoms with Crippen LogP contribution in [0.25, 0.3) is 0 Å². The van der Waals surface area contributed by atoms with Crippen LogP contribution in [-0.2, 0) is 11.2 Å². The maximum atomic E-state index is 11.6. The van der Waals surface area contributed by atoms with Gasteiger partial charge < -0.3 is 15.2 Å². The number of rotatable bonds is 4. The van der Waals surface area contributed by atoms with Gasteiger partial charge in [0.25, 0.3) is 0 Å². The van der Waals surface area contributed by atoms with Gasteiger partial charge in [-0.1, -0.05) is 41.9 Å². The van der Waals surface area contributed by atoms with Gasteiger partial charge in [0.1, 0.15) is 5.60 Å². The standard InChI is InChI=1S/C14H20BrNO3.C2H6/c1-14(2,3)19-13(18)16-12(9-17)8-10-4-6-11(15)7-5-10;1-2/h4-7,12,17H,8-9H2,1-3H3,(H,16,18);1-2H3. The fourth-order valence-corrected chi connectivity index (χ4v) is 1.80. The Morgan fingerprint density at radius 2 is 1.81 bits per heavy atom. The zero-order chi connectivity index (χ0) is 16.5. The van der Waals surface area contributed by atoms with Crippen molar-refractivity contribution in [2.75, 3.05) is 6.61 Å². The van der Waals surface area contributed by atoms with Gasteiger partial charge in [-0.05, 0) is 44.9 Å². The molecule has 1 unspecified atom stereocenters. The molecule has 0 aliphatic carbocycles.